The van der Waals surface area contributed by atoms with Crippen LogP contribution >= 0.6 is 0 Å². The Morgan fingerprint density at radius 3 is 2.47 bits per heavy atom. The molecule has 0 fully saturated rings. The first-order valence-electron chi connectivity index (χ1n) is 9.54. The molecule has 1 N–H and O–H groups in total. The Bertz CT molecular complexity index is 1020. The van der Waals surface area contributed by atoms with Crippen molar-refractivity contribution >= 4 is 27.6 Å². The first-order valence-corrected chi connectivity index (χ1v) is 11.0. The van der Waals surface area contributed by atoms with Crippen LogP contribution < -0.4 is 10.2 Å². The summed E-state index contributed by atoms with van der Waals surface area (Å²) in [6.07, 6.45) is 1.49. The van der Waals surface area contributed by atoms with Crippen molar-refractivity contribution in [1.82, 2.24) is 4.31 Å². The monoisotopic (exact) mass is 434 g/mol. The number of non-ortho nitro benzene ring substituents is 1. The van der Waals surface area contributed by atoms with Gasteiger partial charge in [0.25, 0.3) is 5.69 Å². The molecule has 0 spiro atoms. The van der Waals surface area contributed by atoms with E-state index in [4.69, 9.17) is 4.74 Å². The molecule has 0 aliphatic rings. The van der Waals surface area contributed by atoms with Gasteiger partial charge in [0.15, 0.2) is 0 Å². The van der Waals surface area contributed by atoms with Gasteiger partial charge in [0, 0.05) is 30.8 Å². The molecule has 0 saturated carbocycles. The SMILES string of the molecule is CCN(CC)S(=O)(=O)c1cc([N+](=O)[O-])ccc1N/N=C/c1ccccc1OC(C)C. The molecule has 2 rings (SSSR count). The number of anilines is 1. The zero-order chi connectivity index (χ0) is 22.3. The second-order valence-corrected chi connectivity index (χ2v) is 8.51. The van der Waals surface area contributed by atoms with Crippen molar-refractivity contribution in [2.24, 2.45) is 5.10 Å². The number of nitrogens with zero attached hydrogens (tertiary/aromatic N) is 3. The average molecular weight is 435 g/mol. The van der Waals surface area contributed by atoms with Crippen LogP contribution in [0.5, 0.6) is 5.75 Å². The highest BCUT2D eigenvalue weighted by Gasteiger charge is 2.27. The number of nitro benzene ring substituents is 1. The number of hydrogen-bond acceptors (Lipinski definition) is 7. The smallest absolute Gasteiger partial charge is 0.270 e. The van der Waals surface area contributed by atoms with Crippen molar-refractivity contribution in [3.8, 4) is 5.75 Å². The fraction of sp³-hybridized carbons (Fsp3) is 0.350. The Morgan fingerprint density at radius 2 is 1.87 bits per heavy atom. The first-order chi connectivity index (χ1) is 14.2. The molecule has 0 unspecified atom stereocenters. The third-order valence-corrected chi connectivity index (χ3v) is 6.26. The molecule has 0 saturated heterocycles. The molecule has 0 radical (unpaired) electrons. The summed E-state index contributed by atoms with van der Waals surface area (Å²) in [5.74, 6) is 0.637. The van der Waals surface area contributed by atoms with Crippen molar-refractivity contribution < 1.29 is 18.1 Å². The van der Waals surface area contributed by atoms with E-state index in [1.54, 1.807) is 13.8 Å². The number of hydrogen-bond donors (Lipinski definition) is 1. The molecule has 0 bridgehead atoms. The number of para-hydroxylation sites is 1. The van der Waals surface area contributed by atoms with Gasteiger partial charge < -0.3 is 4.74 Å². The van der Waals surface area contributed by atoms with E-state index in [1.165, 1.54) is 22.7 Å². The second-order valence-electron chi connectivity index (χ2n) is 6.60. The molecule has 0 aliphatic heterocycles. The Kier molecular flexibility index (Phi) is 7.90. The Labute approximate surface area is 176 Å². The predicted octanol–water partition coefficient (Wildman–Crippen LogP) is 3.86. The second kappa shape index (κ2) is 10.2. The van der Waals surface area contributed by atoms with E-state index < -0.39 is 14.9 Å². The highest BCUT2D eigenvalue weighted by atomic mass is 32.2. The van der Waals surface area contributed by atoms with Crippen LogP contribution in [0.25, 0.3) is 0 Å². The van der Waals surface area contributed by atoms with Gasteiger partial charge in [-0.1, -0.05) is 26.0 Å². The Hall–Kier alpha value is -2.98. The number of nitro groups is 1. The van der Waals surface area contributed by atoms with E-state index >= 15 is 0 Å². The van der Waals surface area contributed by atoms with Gasteiger partial charge in [-0.25, -0.2) is 8.42 Å². The summed E-state index contributed by atoms with van der Waals surface area (Å²) < 4.78 is 32.9. The fourth-order valence-electron chi connectivity index (χ4n) is 2.75. The molecular weight excluding hydrogens is 408 g/mol. The predicted molar refractivity (Wildman–Crippen MR) is 117 cm³/mol. The largest absolute Gasteiger partial charge is 0.490 e. The lowest BCUT2D eigenvalue weighted by molar-refractivity contribution is -0.385. The highest BCUT2D eigenvalue weighted by molar-refractivity contribution is 7.89. The Balaban J connectivity index is 2.41. The third-order valence-electron chi connectivity index (χ3n) is 4.17. The van der Waals surface area contributed by atoms with E-state index in [-0.39, 0.29) is 35.5 Å². The number of benzene rings is 2. The van der Waals surface area contributed by atoms with Gasteiger partial charge in [0.1, 0.15) is 10.6 Å². The molecule has 0 aromatic heterocycles. The number of hydrazone groups is 1. The average Bonchev–Trinajstić information content (AvgIpc) is 2.69. The van der Waals surface area contributed by atoms with Crippen molar-refractivity contribution in [1.29, 1.82) is 0 Å². The molecule has 2 aromatic carbocycles. The summed E-state index contributed by atoms with van der Waals surface area (Å²) in [5, 5.41) is 15.3. The summed E-state index contributed by atoms with van der Waals surface area (Å²) in [6, 6.07) is 10.9. The lowest BCUT2D eigenvalue weighted by Gasteiger charge is -2.20. The summed E-state index contributed by atoms with van der Waals surface area (Å²) in [5.41, 5.74) is 3.24. The van der Waals surface area contributed by atoms with Crippen LogP contribution in [0.4, 0.5) is 11.4 Å². The maximum Gasteiger partial charge on any atom is 0.270 e. The van der Waals surface area contributed by atoms with Gasteiger partial charge >= 0.3 is 0 Å². The van der Waals surface area contributed by atoms with Crippen LogP contribution in [0.15, 0.2) is 52.5 Å². The minimum Gasteiger partial charge on any atom is -0.490 e. The minimum absolute atomic E-state index is 0.0204. The molecule has 0 heterocycles. The number of rotatable bonds is 10. The van der Waals surface area contributed by atoms with Gasteiger partial charge in [0.2, 0.25) is 10.0 Å². The minimum atomic E-state index is -3.94. The maximum atomic E-state index is 13.0. The van der Waals surface area contributed by atoms with Crippen molar-refractivity contribution in [3.63, 3.8) is 0 Å². The summed E-state index contributed by atoms with van der Waals surface area (Å²) in [7, 11) is -3.94. The third kappa shape index (κ3) is 5.55. The molecule has 0 aliphatic carbocycles. The number of ether oxygens (including phenoxy) is 1. The van der Waals surface area contributed by atoms with Crippen molar-refractivity contribution in [3.05, 3.63) is 58.1 Å². The first kappa shape index (κ1) is 23.3. The van der Waals surface area contributed by atoms with Crippen molar-refractivity contribution in [2.45, 2.75) is 38.7 Å². The molecule has 30 heavy (non-hydrogen) atoms. The Morgan fingerprint density at radius 1 is 1.20 bits per heavy atom. The van der Waals surface area contributed by atoms with Crippen LogP contribution in [-0.4, -0.2) is 43.1 Å². The van der Waals surface area contributed by atoms with Gasteiger partial charge in [-0.15, -0.1) is 0 Å². The zero-order valence-electron chi connectivity index (χ0n) is 17.4. The van der Waals surface area contributed by atoms with Gasteiger partial charge in [-0.05, 0) is 32.0 Å². The molecule has 9 nitrogen and oxygen atoms in total. The standard InChI is InChI=1S/C20H26N4O5S/c1-5-23(6-2)30(27,28)20-13-17(24(25)26)11-12-18(20)22-21-14-16-9-7-8-10-19(16)29-15(3)4/h7-15,22H,5-6H2,1-4H3/b21-14+. The van der Waals surface area contributed by atoms with Crippen LogP contribution in [0.1, 0.15) is 33.3 Å². The molecule has 2 aromatic rings. The summed E-state index contributed by atoms with van der Waals surface area (Å²) in [4.78, 5) is 10.3. The normalized spacial score (nSPS) is 11.9. The number of nitrogens with one attached hydrogen (secondary N) is 1. The van der Waals surface area contributed by atoms with Crippen LogP contribution in [0, 0.1) is 10.1 Å². The molecule has 0 amide bonds. The molecule has 0 atom stereocenters. The molecule has 162 valence electrons. The molecule has 10 heteroatoms. The van der Waals surface area contributed by atoms with Crippen molar-refractivity contribution in [2.75, 3.05) is 18.5 Å². The van der Waals surface area contributed by atoms with Gasteiger partial charge in [-0.3, -0.25) is 15.5 Å². The van der Waals surface area contributed by atoms with E-state index in [0.29, 0.717) is 11.3 Å². The van der Waals surface area contributed by atoms with E-state index in [1.807, 2.05) is 38.1 Å². The summed E-state index contributed by atoms with van der Waals surface area (Å²) >= 11 is 0. The fourth-order valence-corrected chi connectivity index (χ4v) is 4.37. The number of sulfonamides is 1. The summed E-state index contributed by atoms with van der Waals surface area (Å²) in [6.45, 7) is 7.71. The molecular formula is C20H26N4O5S. The van der Waals surface area contributed by atoms with E-state index in [0.717, 1.165) is 6.07 Å². The maximum absolute atomic E-state index is 13.0. The quantitative estimate of drug-likeness (QED) is 0.345. The lowest BCUT2D eigenvalue weighted by Crippen LogP contribution is -2.31. The van der Waals surface area contributed by atoms with Crippen LogP contribution in [-0.2, 0) is 10.0 Å². The van der Waals surface area contributed by atoms with Gasteiger partial charge in [0.05, 0.1) is 22.9 Å². The van der Waals surface area contributed by atoms with Crippen LogP contribution in [0.3, 0.4) is 0 Å². The lowest BCUT2D eigenvalue weighted by atomic mass is 10.2. The topological polar surface area (TPSA) is 114 Å². The van der Waals surface area contributed by atoms with Crippen LogP contribution in [0.2, 0.25) is 0 Å². The van der Waals surface area contributed by atoms with E-state index in [9.17, 15) is 18.5 Å². The highest BCUT2D eigenvalue weighted by Crippen LogP contribution is 2.29. The zero-order valence-corrected chi connectivity index (χ0v) is 18.2. The van der Waals surface area contributed by atoms with Gasteiger partial charge in [-0.2, -0.15) is 9.41 Å². The van der Waals surface area contributed by atoms with E-state index in [2.05, 4.69) is 10.5 Å².